The molecule has 0 spiro atoms. The van der Waals surface area contributed by atoms with Crippen molar-refractivity contribution in [3.8, 4) is 0 Å². The molecule has 4 heteroatoms. The normalized spacial score (nSPS) is 15.4. The zero-order valence-corrected chi connectivity index (χ0v) is 7.65. The van der Waals surface area contributed by atoms with Crippen molar-refractivity contribution in [2.75, 3.05) is 0 Å². The molecule has 0 radical (unpaired) electrons. The number of nitrogens with zero attached hydrogens (tertiary/aromatic N) is 1. The third kappa shape index (κ3) is 1.85. The number of aromatic nitrogens is 2. The van der Waals surface area contributed by atoms with Crippen LogP contribution in [0.1, 0.15) is 30.1 Å². The van der Waals surface area contributed by atoms with Crippen molar-refractivity contribution < 1.29 is 0 Å². The molecule has 1 aromatic rings. The first kappa shape index (κ1) is 9.26. The van der Waals surface area contributed by atoms with Gasteiger partial charge in [0.15, 0.2) is 0 Å². The maximum absolute atomic E-state index is 10.9. The van der Waals surface area contributed by atoms with E-state index < -0.39 is 0 Å². The quantitative estimate of drug-likeness (QED) is 0.720. The lowest BCUT2D eigenvalue weighted by atomic mass is 10.2. The minimum atomic E-state index is -0.216. The van der Waals surface area contributed by atoms with E-state index in [-0.39, 0.29) is 18.1 Å². The van der Waals surface area contributed by atoms with Crippen molar-refractivity contribution in [2.45, 2.75) is 25.7 Å². The summed E-state index contributed by atoms with van der Waals surface area (Å²) in [7, 11) is 0. The van der Waals surface area contributed by atoms with Gasteiger partial charge < -0.3 is 4.98 Å². The van der Waals surface area contributed by atoms with Gasteiger partial charge in [0, 0.05) is 11.6 Å². The van der Waals surface area contributed by atoms with Crippen LogP contribution in [0.15, 0.2) is 10.9 Å². The highest BCUT2D eigenvalue weighted by molar-refractivity contribution is 5.85. The van der Waals surface area contributed by atoms with Crippen LogP contribution in [0.5, 0.6) is 0 Å². The van der Waals surface area contributed by atoms with Crippen molar-refractivity contribution in [2.24, 2.45) is 0 Å². The van der Waals surface area contributed by atoms with Gasteiger partial charge in [0.25, 0.3) is 0 Å². The highest BCUT2D eigenvalue weighted by Crippen LogP contribution is 2.38. The summed E-state index contributed by atoms with van der Waals surface area (Å²) in [6.45, 7) is 1.88. The summed E-state index contributed by atoms with van der Waals surface area (Å²) in [6.07, 6.45) is 2.38. The molecule has 12 heavy (non-hydrogen) atoms. The predicted molar refractivity (Wildman–Crippen MR) is 48.8 cm³/mol. The van der Waals surface area contributed by atoms with Crippen LogP contribution in [0.3, 0.4) is 0 Å². The summed E-state index contributed by atoms with van der Waals surface area (Å²) in [4.78, 5) is 17.4. The van der Waals surface area contributed by atoms with Crippen molar-refractivity contribution in [3.63, 3.8) is 0 Å². The standard InChI is InChI=1S/C8H10N2O.ClH/c1-5-4-7(6-2-3-6)10-8(11)9-5;/h4,6H,2-3H2,1H3,(H,9,10,11);1H. The Balaban J connectivity index is 0.000000720. The Bertz CT molecular complexity index is 330. The van der Waals surface area contributed by atoms with E-state index in [9.17, 15) is 4.79 Å². The first-order valence-corrected chi connectivity index (χ1v) is 3.83. The summed E-state index contributed by atoms with van der Waals surface area (Å²) in [6, 6.07) is 1.96. The minimum Gasteiger partial charge on any atom is -0.310 e. The summed E-state index contributed by atoms with van der Waals surface area (Å²) in [5, 5.41) is 0. The molecule has 1 fully saturated rings. The van der Waals surface area contributed by atoms with Crippen molar-refractivity contribution in [1.29, 1.82) is 0 Å². The SMILES string of the molecule is Cc1cc(C2CC2)nc(=O)[nH]1.Cl. The van der Waals surface area contributed by atoms with E-state index in [1.807, 2.05) is 13.0 Å². The van der Waals surface area contributed by atoms with E-state index in [0.717, 1.165) is 11.4 Å². The molecule has 0 bridgehead atoms. The van der Waals surface area contributed by atoms with Gasteiger partial charge in [-0.25, -0.2) is 4.79 Å². The first-order valence-electron chi connectivity index (χ1n) is 3.83. The molecule has 66 valence electrons. The lowest BCUT2D eigenvalue weighted by Crippen LogP contribution is -2.13. The van der Waals surface area contributed by atoms with Crippen LogP contribution in [0.4, 0.5) is 0 Å². The van der Waals surface area contributed by atoms with Crippen LogP contribution >= 0.6 is 12.4 Å². The van der Waals surface area contributed by atoms with Gasteiger partial charge in [-0.3, -0.25) is 0 Å². The van der Waals surface area contributed by atoms with Gasteiger partial charge in [-0.15, -0.1) is 12.4 Å². The van der Waals surface area contributed by atoms with E-state index in [4.69, 9.17) is 0 Å². The Morgan fingerprint density at radius 2 is 2.25 bits per heavy atom. The van der Waals surface area contributed by atoms with Crippen LogP contribution in [0.25, 0.3) is 0 Å². The molecule has 0 aliphatic heterocycles. The monoisotopic (exact) mass is 186 g/mol. The Morgan fingerprint density at radius 3 is 2.75 bits per heavy atom. The number of nitrogens with one attached hydrogen (secondary N) is 1. The number of aromatic amines is 1. The maximum atomic E-state index is 10.9. The third-order valence-electron chi connectivity index (χ3n) is 1.89. The summed E-state index contributed by atoms with van der Waals surface area (Å²) in [5.41, 5.74) is 1.66. The van der Waals surface area contributed by atoms with Gasteiger partial charge in [0.2, 0.25) is 0 Å². The van der Waals surface area contributed by atoms with E-state index in [0.29, 0.717) is 5.92 Å². The molecule has 0 saturated heterocycles. The number of halogens is 1. The molecule has 1 heterocycles. The fraction of sp³-hybridized carbons (Fsp3) is 0.500. The molecule has 1 aliphatic carbocycles. The Kier molecular flexibility index (Phi) is 2.52. The molecule has 3 nitrogen and oxygen atoms in total. The molecule has 2 rings (SSSR count). The molecule has 1 N–H and O–H groups in total. The van der Waals surface area contributed by atoms with Crippen LogP contribution in [0.2, 0.25) is 0 Å². The molecule has 0 atom stereocenters. The first-order chi connectivity index (χ1) is 5.25. The van der Waals surface area contributed by atoms with Gasteiger partial charge in [-0.1, -0.05) is 0 Å². The summed E-state index contributed by atoms with van der Waals surface area (Å²) >= 11 is 0. The lowest BCUT2D eigenvalue weighted by Gasteiger charge is -1.96. The van der Waals surface area contributed by atoms with E-state index >= 15 is 0 Å². The molecule has 1 aliphatic rings. The Hall–Kier alpha value is -0.830. The highest BCUT2D eigenvalue weighted by atomic mass is 35.5. The summed E-state index contributed by atoms with van der Waals surface area (Å²) in [5.74, 6) is 0.566. The number of hydrogen-bond donors (Lipinski definition) is 1. The average molecular weight is 187 g/mol. The van der Waals surface area contributed by atoms with E-state index in [1.54, 1.807) is 0 Å². The zero-order valence-electron chi connectivity index (χ0n) is 6.83. The molecular weight excluding hydrogens is 176 g/mol. The minimum absolute atomic E-state index is 0. The van der Waals surface area contributed by atoms with Gasteiger partial charge in [-0.2, -0.15) is 4.98 Å². The third-order valence-corrected chi connectivity index (χ3v) is 1.89. The maximum Gasteiger partial charge on any atom is 0.345 e. The lowest BCUT2D eigenvalue weighted by molar-refractivity contribution is 0.924. The van der Waals surface area contributed by atoms with Crippen molar-refractivity contribution in [3.05, 3.63) is 27.9 Å². The molecule has 0 unspecified atom stereocenters. The number of hydrogen-bond acceptors (Lipinski definition) is 2. The predicted octanol–water partition coefficient (Wildman–Crippen LogP) is 1.38. The second-order valence-electron chi connectivity index (χ2n) is 3.07. The second-order valence-corrected chi connectivity index (χ2v) is 3.07. The Morgan fingerprint density at radius 1 is 1.58 bits per heavy atom. The van der Waals surface area contributed by atoms with Gasteiger partial charge in [-0.05, 0) is 25.8 Å². The number of aryl methyl sites for hydroxylation is 1. The van der Waals surface area contributed by atoms with E-state index in [1.165, 1.54) is 12.8 Å². The molecule has 1 aromatic heterocycles. The average Bonchev–Trinajstić information content (AvgIpc) is 2.64. The number of H-pyrrole nitrogens is 1. The summed E-state index contributed by atoms with van der Waals surface area (Å²) < 4.78 is 0. The van der Waals surface area contributed by atoms with E-state index in [2.05, 4.69) is 9.97 Å². The fourth-order valence-electron chi connectivity index (χ4n) is 1.19. The van der Waals surface area contributed by atoms with Crippen LogP contribution in [0, 0.1) is 6.92 Å². The molecule has 0 aromatic carbocycles. The van der Waals surface area contributed by atoms with Crippen LogP contribution in [-0.2, 0) is 0 Å². The topological polar surface area (TPSA) is 45.8 Å². The molecule has 0 amide bonds. The smallest absolute Gasteiger partial charge is 0.310 e. The highest BCUT2D eigenvalue weighted by Gasteiger charge is 2.25. The van der Waals surface area contributed by atoms with Gasteiger partial charge >= 0.3 is 5.69 Å². The van der Waals surface area contributed by atoms with Crippen molar-refractivity contribution in [1.82, 2.24) is 9.97 Å². The molecule has 1 saturated carbocycles. The fourth-order valence-corrected chi connectivity index (χ4v) is 1.19. The Labute approximate surface area is 76.6 Å². The van der Waals surface area contributed by atoms with Gasteiger partial charge in [0.05, 0.1) is 5.69 Å². The van der Waals surface area contributed by atoms with Crippen molar-refractivity contribution >= 4 is 12.4 Å². The molecular formula is C8H11ClN2O. The van der Waals surface area contributed by atoms with Crippen LogP contribution < -0.4 is 5.69 Å². The number of rotatable bonds is 1. The van der Waals surface area contributed by atoms with Crippen LogP contribution in [-0.4, -0.2) is 9.97 Å². The van der Waals surface area contributed by atoms with Gasteiger partial charge in [0.1, 0.15) is 0 Å². The largest absolute Gasteiger partial charge is 0.345 e. The second kappa shape index (κ2) is 3.27. The zero-order chi connectivity index (χ0) is 7.84.